The quantitative estimate of drug-likeness (QED) is 0.612. The average Bonchev–Trinajstić information content (AvgIpc) is 2.97. The molecular weight excluding hydrogens is 324 g/mol. The Hall–Kier alpha value is -3.33. The van der Waals surface area contributed by atoms with Crippen LogP contribution >= 0.6 is 0 Å². The fourth-order valence-corrected chi connectivity index (χ4v) is 2.81. The van der Waals surface area contributed by atoms with Crippen LogP contribution in [-0.4, -0.2) is 5.78 Å². The highest BCUT2D eigenvalue weighted by Crippen LogP contribution is 2.35. The summed E-state index contributed by atoms with van der Waals surface area (Å²) >= 11 is 0. The summed E-state index contributed by atoms with van der Waals surface area (Å²) in [6, 6.07) is 23.2. The lowest BCUT2D eigenvalue weighted by Gasteiger charge is -2.07. The topological polar surface area (TPSA) is 35.5 Å². The molecule has 0 atom stereocenters. The van der Waals surface area contributed by atoms with E-state index >= 15 is 0 Å². The Morgan fingerprint density at radius 2 is 1.73 bits per heavy atom. The first-order valence-electron chi connectivity index (χ1n) is 8.51. The number of Topliss-reactive ketones (excluding diaryl/α,β-unsaturated/α-hetero) is 1. The predicted octanol–water partition coefficient (Wildman–Crippen LogP) is 5.19. The van der Waals surface area contributed by atoms with Crippen LogP contribution < -0.4 is 9.47 Å². The molecule has 1 aliphatic heterocycles. The first-order valence-corrected chi connectivity index (χ1v) is 8.51. The molecule has 0 fully saturated rings. The molecule has 0 spiro atoms. The highest BCUT2D eigenvalue weighted by molar-refractivity contribution is 6.14. The van der Waals surface area contributed by atoms with Crippen LogP contribution in [0.5, 0.6) is 11.5 Å². The van der Waals surface area contributed by atoms with Gasteiger partial charge in [0.25, 0.3) is 0 Å². The van der Waals surface area contributed by atoms with E-state index in [1.807, 2.05) is 42.5 Å². The third-order valence-corrected chi connectivity index (χ3v) is 4.26. The van der Waals surface area contributed by atoms with E-state index in [9.17, 15) is 4.79 Å². The van der Waals surface area contributed by atoms with Crippen molar-refractivity contribution < 1.29 is 14.3 Å². The molecule has 3 aromatic rings. The highest BCUT2D eigenvalue weighted by atomic mass is 16.5. The molecule has 3 aromatic carbocycles. The molecule has 0 saturated heterocycles. The SMILES string of the molecule is Cc1ccc(COc2ccc3c(c2)O/C(=C\c2ccccc2)C3=O)cc1. The number of aryl methyl sites for hydroxylation is 1. The molecule has 3 nitrogen and oxygen atoms in total. The summed E-state index contributed by atoms with van der Waals surface area (Å²) in [5.74, 6) is 1.45. The van der Waals surface area contributed by atoms with Crippen molar-refractivity contribution in [2.75, 3.05) is 0 Å². The molecule has 0 radical (unpaired) electrons. The number of ether oxygens (including phenoxy) is 2. The molecule has 4 rings (SSSR count). The molecule has 1 aliphatic rings. The molecule has 3 heteroatoms. The van der Waals surface area contributed by atoms with Crippen LogP contribution in [0.15, 0.2) is 78.6 Å². The third kappa shape index (κ3) is 3.38. The second-order valence-electron chi connectivity index (χ2n) is 6.28. The van der Waals surface area contributed by atoms with Crippen molar-refractivity contribution in [3.63, 3.8) is 0 Å². The van der Waals surface area contributed by atoms with Gasteiger partial charge in [0.2, 0.25) is 5.78 Å². The van der Waals surface area contributed by atoms with Crippen LogP contribution in [-0.2, 0) is 6.61 Å². The van der Waals surface area contributed by atoms with E-state index in [4.69, 9.17) is 9.47 Å². The minimum absolute atomic E-state index is 0.103. The van der Waals surface area contributed by atoms with Crippen molar-refractivity contribution in [1.29, 1.82) is 0 Å². The summed E-state index contributed by atoms with van der Waals surface area (Å²) in [6.45, 7) is 2.53. The Morgan fingerprint density at radius 1 is 0.962 bits per heavy atom. The van der Waals surface area contributed by atoms with Gasteiger partial charge in [0.1, 0.15) is 18.1 Å². The van der Waals surface area contributed by atoms with Gasteiger partial charge in [-0.3, -0.25) is 4.79 Å². The number of allylic oxidation sites excluding steroid dienone is 1. The zero-order valence-corrected chi connectivity index (χ0v) is 14.4. The summed E-state index contributed by atoms with van der Waals surface area (Å²) in [7, 11) is 0. The Balaban J connectivity index is 1.50. The largest absolute Gasteiger partial charge is 0.489 e. The molecule has 0 saturated carbocycles. The minimum Gasteiger partial charge on any atom is -0.489 e. The lowest BCUT2D eigenvalue weighted by molar-refractivity contribution is 0.101. The lowest BCUT2D eigenvalue weighted by atomic mass is 10.1. The number of rotatable bonds is 4. The molecule has 1 heterocycles. The van der Waals surface area contributed by atoms with E-state index in [1.165, 1.54) is 5.56 Å². The maximum absolute atomic E-state index is 12.5. The van der Waals surface area contributed by atoms with Gasteiger partial charge in [-0.05, 0) is 36.3 Å². The third-order valence-electron chi connectivity index (χ3n) is 4.26. The number of hydrogen-bond acceptors (Lipinski definition) is 3. The van der Waals surface area contributed by atoms with E-state index < -0.39 is 0 Å². The van der Waals surface area contributed by atoms with Gasteiger partial charge in [-0.2, -0.15) is 0 Å². The summed E-state index contributed by atoms with van der Waals surface area (Å²) in [4.78, 5) is 12.5. The predicted molar refractivity (Wildman–Crippen MR) is 101 cm³/mol. The second-order valence-corrected chi connectivity index (χ2v) is 6.28. The molecule has 128 valence electrons. The fraction of sp³-hybridized carbons (Fsp3) is 0.0870. The lowest BCUT2D eigenvalue weighted by Crippen LogP contribution is -1.97. The fourth-order valence-electron chi connectivity index (χ4n) is 2.81. The number of fused-ring (bicyclic) bond motifs is 1. The number of carbonyl (C=O) groups excluding carboxylic acids is 1. The van der Waals surface area contributed by atoms with Crippen molar-refractivity contribution in [3.8, 4) is 11.5 Å². The van der Waals surface area contributed by atoms with Gasteiger partial charge in [0.05, 0.1) is 5.56 Å². The number of benzene rings is 3. The molecule has 0 amide bonds. The van der Waals surface area contributed by atoms with Crippen LogP contribution in [0.4, 0.5) is 0 Å². The van der Waals surface area contributed by atoms with E-state index in [0.717, 1.165) is 11.1 Å². The standard InChI is InChI=1S/C23H18O3/c1-16-7-9-18(10-8-16)15-25-19-11-12-20-21(14-19)26-22(23(20)24)13-17-5-3-2-4-6-17/h2-14H,15H2,1H3/b22-13-. The van der Waals surface area contributed by atoms with E-state index in [0.29, 0.717) is 29.4 Å². The average molecular weight is 342 g/mol. The first-order chi connectivity index (χ1) is 12.7. The molecule has 26 heavy (non-hydrogen) atoms. The zero-order valence-electron chi connectivity index (χ0n) is 14.4. The van der Waals surface area contributed by atoms with Gasteiger partial charge >= 0.3 is 0 Å². The van der Waals surface area contributed by atoms with Gasteiger partial charge in [-0.1, -0.05) is 60.2 Å². The number of hydrogen-bond donors (Lipinski definition) is 0. The van der Waals surface area contributed by atoms with Crippen LogP contribution in [0, 0.1) is 6.92 Å². The van der Waals surface area contributed by atoms with Crippen molar-refractivity contribution in [1.82, 2.24) is 0 Å². The molecular formula is C23H18O3. The van der Waals surface area contributed by atoms with Gasteiger partial charge in [0.15, 0.2) is 5.76 Å². The van der Waals surface area contributed by atoms with Crippen molar-refractivity contribution in [3.05, 3.63) is 101 Å². The van der Waals surface area contributed by atoms with Crippen LogP contribution in [0.1, 0.15) is 27.0 Å². The van der Waals surface area contributed by atoms with Gasteiger partial charge in [-0.25, -0.2) is 0 Å². The molecule has 0 aliphatic carbocycles. The molecule has 0 aromatic heterocycles. The smallest absolute Gasteiger partial charge is 0.231 e. The normalized spacial score (nSPS) is 14.2. The summed E-state index contributed by atoms with van der Waals surface area (Å²) in [6.07, 6.45) is 1.76. The van der Waals surface area contributed by atoms with E-state index in [1.54, 1.807) is 24.3 Å². The maximum atomic E-state index is 12.5. The Morgan fingerprint density at radius 3 is 2.50 bits per heavy atom. The number of carbonyl (C=O) groups is 1. The van der Waals surface area contributed by atoms with Crippen molar-refractivity contribution >= 4 is 11.9 Å². The van der Waals surface area contributed by atoms with Gasteiger partial charge in [0, 0.05) is 6.07 Å². The van der Waals surface area contributed by atoms with Gasteiger partial charge < -0.3 is 9.47 Å². The van der Waals surface area contributed by atoms with Crippen LogP contribution in [0.2, 0.25) is 0 Å². The monoisotopic (exact) mass is 342 g/mol. The Kier molecular flexibility index (Phi) is 4.28. The number of ketones is 1. The second kappa shape index (κ2) is 6.89. The van der Waals surface area contributed by atoms with Crippen LogP contribution in [0.25, 0.3) is 6.08 Å². The summed E-state index contributed by atoms with van der Waals surface area (Å²) in [5, 5.41) is 0. The van der Waals surface area contributed by atoms with E-state index in [-0.39, 0.29) is 5.78 Å². The van der Waals surface area contributed by atoms with Crippen LogP contribution in [0.3, 0.4) is 0 Å². The van der Waals surface area contributed by atoms with E-state index in [2.05, 4.69) is 19.1 Å². The van der Waals surface area contributed by atoms with Gasteiger partial charge in [-0.15, -0.1) is 0 Å². The first kappa shape index (κ1) is 16.2. The molecule has 0 unspecified atom stereocenters. The Bertz CT molecular complexity index is 970. The summed E-state index contributed by atoms with van der Waals surface area (Å²) < 4.78 is 11.6. The maximum Gasteiger partial charge on any atom is 0.231 e. The summed E-state index contributed by atoms with van der Waals surface area (Å²) in [5.41, 5.74) is 3.81. The molecule has 0 bridgehead atoms. The molecule has 0 N–H and O–H groups in total. The van der Waals surface area contributed by atoms with Crippen molar-refractivity contribution in [2.24, 2.45) is 0 Å². The van der Waals surface area contributed by atoms with Crippen molar-refractivity contribution in [2.45, 2.75) is 13.5 Å². The highest BCUT2D eigenvalue weighted by Gasteiger charge is 2.27. The Labute approximate surface area is 152 Å². The zero-order chi connectivity index (χ0) is 17.9. The minimum atomic E-state index is -0.103.